The number of pyridine rings is 2. The molecule has 0 atom stereocenters. The number of amides is 1. The third-order valence-corrected chi connectivity index (χ3v) is 6.59. The van der Waals surface area contributed by atoms with Crippen LogP contribution in [0.4, 0.5) is 11.5 Å². The van der Waals surface area contributed by atoms with E-state index in [4.69, 9.17) is 4.98 Å². The highest BCUT2D eigenvalue weighted by Crippen LogP contribution is 2.39. The second-order valence-electron chi connectivity index (χ2n) is 8.78. The summed E-state index contributed by atoms with van der Waals surface area (Å²) in [4.78, 5) is 26.4. The molecule has 2 aromatic heterocycles. The van der Waals surface area contributed by atoms with Crippen LogP contribution < -0.4 is 10.2 Å². The van der Waals surface area contributed by atoms with E-state index in [1.807, 2.05) is 18.2 Å². The molecule has 0 aliphatic carbocycles. The van der Waals surface area contributed by atoms with E-state index in [1.165, 1.54) is 28.0 Å². The summed E-state index contributed by atoms with van der Waals surface area (Å²) in [7, 11) is 3.80. The van der Waals surface area contributed by atoms with Crippen molar-refractivity contribution in [3.05, 3.63) is 65.0 Å². The minimum Gasteiger partial charge on any atom is -0.354 e. The number of fused-ring (bicyclic) bond motifs is 2. The average Bonchev–Trinajstić information content (AvgIpc) is 2.82. The lowest BCUT2D eigenvalue weighted by Gasteiger charge is -2.33. The standard InChI is InChI=1S/C26H29N5O/c1-17-14-23-19(15-21(17)18-8-12-30(3)13-9-18)7-5-11-31(23)25-24-20(6-4-10-28-24)16-22(29-25)26(32)27-2/h4,6,8,10,14-16H,5,7,9,11-13H2,1-3H3,(H,27,32). The van der Waals surface area contributed by atoms with Crippen molar-refractivity contribution in [1.82, 2.24) is 20.2 Å². The van der Waals surface area contributed by atoms with Crippen molar-refractivity contribution < 1.29 is 4.79 Å². The minimum absolute atomic E-state index is 0.185. The molecule has 2 aliphatic heterocycles. The number of benzene rings is 1. The molecule has 6 heteroatoms. The Labute approximate surface area is 189 Å². The number of hydrogen-bond acceptors (Lipinski definition) is 5. The maximum atomic E-state index is 12.4. The van der Waals surface area contributed by atoms with E-state index in [9.17, 15) is 4.79 Å². The van der Waals surface area contributed by atoms with Gasteiger partial charge in [0.1, 0.15) is 11.2 Å². The van der Waals surface area contributed by atoms with Crippen molar-refractivity contribution in [3.63, 3.8) is 0 Å². The summed E-state index contributed by atoms with van der Waals surface area (Å²) in [5, 5.41) is 3.63. The molecule has 0 spiro atoms. The smallest absolute Gasteiger partial charge is 0.269 e. The van der Waals surface area contributed by atoms with Gasteiger partial charge in [-0.05, 0) is 79.8 Å². The molecule has 6 nitrogen and oxygen atoms in total. The molecule has 0 unspecified atom stereocenters. The number of rotatable bonds is 3. The van der Waals surface area contributed by atoms with E-state index in [2.05, 4.69) is 52.3 Å². The van der Waals surface area contributed by atoms with Crippen molar-refractivity contribution in [2.45, 2.75) is 26.2 Å². The van der Waals surface area contributed by atoms with Crippen molar-refractivity contribution in [2.24, 2.45) is 0 Å². The van der Waals surface area contributed by atoms with E-state index < -0.39 is 0 Å². The fraction of sp³-hybridized carbons (Fsp3) is 0.346. The van der Waals surface area contributed by atoms with Crippen LogP contribution in [0.25, 0.3) is 16.5 Å². The van der Waals surface area contributed by atoms with Crippen LogP contribution in [0.3, 0.4) is 0 Å². The molecule has 164 valence electrons. The van der Waals surface area contributed by atoms with Crippen LogP contribution in [-0.2, 0) is 6.42 Å². The zero-order chi connectivity index (χ0) is 22.2. The summed E-state index contributed by atoms with van der Waals surface area (Å²) in [6.45, 7) is 5.16. The van der Waals surface area contributed by atoms with E-state index in [-0.39, 0.29) is 5.91 Å². The molecule has 2 aliphatic rings. The third-order valence-electron chi connectivity index (χ3n) is 6.59. The van der Waals surface area contributed by atoms with Gasteiger partial charge >= 0.3 is 0 Å². The van der Waals surface area contributed by atoms with Crippen LogP contribution in [0.2, 0.25) is 0 Å². The Morgan fingerprint density at radius 1 is 1.16 bits per heavy atom. The second kappa shape index (κ2) is 8.36. The second-order valence-corrected chi connectivity index (χ2v) is 8.78. The Bertz CT molecular complexity index is 1230. The molecule has 3 aromatic rings. The maximum absolute atomic E-state index is 12.4. The van der Waals surface area contributed by atoms with Crippen molar-refractivity contribution in [1.29, 1.82) is 0 Å². The molecule has 32 heavy (non-hydrogen) atoms. The maximum Gasteiger partial charge on any atom is 0.269 e. The largest absolute Gasteiger partial charge is 0.354 e. The van der Waals surface area contributed by atoms with Gasteiger partial charge in [-0.2, -0.15) is 0 Å². The van der Waals surface area contributed by atoms with Gasteiger partial charge in [-0.1, -0.05) is 12.1 Å². The van der Waals surface area contributed by atoms with Gasteiger partial charge in [0.15, 0.2) is 5.82 Å². The summed E-state index contributed by atoms with van der Waals surface area (Å²) in [5.41, 5.74) is 7.87. The number of anilines is 2. The molecule has 0 saturated carbocycles. The number of likely N-dealkylation sites (N-methyl/N-ethyl adjacent to an activating group) is 1. The van der Waals surface area contributed by atoms with E-state index in [0.717, 1.165) is 55.6 Å². The SMILES string of the molecule is CNC(=O)c1cc2cccnc2c(N2CCCc3cc(C4=CCN(C)CC4)c(C)cc32)n1. The number of carbonyl (C=O) groups is 1. The van der Waals surface area contributed by atoms with E-state index in [1.54, 1.807) is 13.2 Å². The lowest BCUT2D eigenvalue weighted by Crippen LogP contribution is -2.28. The number of carbonyl (C=O) groups excluding carboxylic acids is 1. The third kappa shape index (κ3) is 3.65. The Hall–Kier alpha value is -3.25. The first-order valence-electron chi connectivity index (χ1n) is 11.3. The van der Waals surface area contributed by atoms with Crippen LogP contribution in [-0.4, -0.2) is 54.5 Å². The van der Waals surface area contributed by atoms with Gasteiger partial charge in [-0.3, -0.25) is 9.78 Å². The molecular weight excluding hydrogens is 398 g/mol. The fourth-order valence-electron chi connectivity index (χ4n) is 4.82. The molecule has 0 saturated heterocycles. The van der Waals surface area contributed by atoms with Crippen LogP contribution in [0.15, 0.2) is 42.6 Å². The van der Waals surface area contributed by atoms with E-state index >= 15 is 0 Å². The Kier molecular flexibility index (Phi) is 5.39. The van der Waals surface area contributed by atoms with Gasteiger partial charge in [-0.25, -0.2) is 4.98 Å². The summed E-state index contributed by atoms with van der Waals surface area (Å²) >= 11 is 0. The first-order chi connectivity index (χ1) is 15.5. The van der Waals surface area contributed by atoms with Crippen LogP contribution in [0, 0.1) is 6.92 Å². The van der Waals surface area contributed by atoms with Gasteiger partial charge in [-0.15, -0.1) is 0 Å². The summed E-state index contributed by atoms with van der Waals surface area (Å²) in [5.74, 6) is 0.572. The summed E-state index contributed by atoms with van der Waals surface area (Å²) in [6, 6.07) is 10.4. The molecule has 5 rings (SSSR count). The molecule has 1 aromatic carbocycles. The lowest BCUT2D eigenvalue weighted by atomic mass is 9.90. The van der Waals surface area contributed by atoms with Gasteiger partial charge < -0.3 is 15.1 Å². The minimum atomic E-state index is -0.185. The fourth-order valence-corrected chi connectivity index (χ4v) is 4.82. The highest BCUT2D eigenvalue weighted by atomic mass is 16.1. The number of nitrogens with one attached hydrogen (secondary N) is 1. The van der Waals surface area contributed by atoms with Crippen LogP contribution >= 0.6 is 0 Å². The first-order valence-corrected chi connectivity index (χ1v) is 11.3. The van der Waals surface area contributed by atoms with Crippen LogP contribution in [0.5, 0.6) is 0 Å². The van der Waals surface area contributed by atoms with Gasteiger partial charge in [0.2, 0.25) is 0 Å². The Morgan fingerprint density at radius 3 is 2.81 bits per heavy atom. The quantitative estimate of drug-likeness (QED) is 0.682. The van der Waals surface area contributed by atoms with Crippen molar-refractivity contribution >= 4 is 33.9 Å². The average molecular weight is 428 g/mol. The zero-order valence-corrected chi connectivity index (χ0v) is 19.0. The highest BCUT2D eigenvalue weighted by molar-refractivity contribution is 6.00. The molecule has 1 N–H and O–H groups in total. The van der Waals surface area contributed by atoms with Crippen LogP contribution in [0.1, 0.15) is 40.0 Å². The van der Waals surface area contributed by atoms with E-state index in [0.29, 0.717) is 5.69 Å². The highest BCUT2D eigenvalue weighted by Gasteiger charge is 2.25. The predicted molar refractivity (Wildman–Crippen MR) is 130 cm³/mol. The molecule has 0 bridgehead atoms. The van der Waals surface area contributed by atoms with Gasteiger partial charge in [0.25, 0.3) is 5.91 Å². The molecule has 0 fully saturated rings. The van der Waals surface area contributed by atoms with Gasteiger partial charge in [0.05, 0.1) is 0 Å². The summed E-state index contributed by atoms with van der Waals surface area (Å²) < 4.78 is 0. The number of aromatic nitrogens is 2. The number of hydrogen-bond donors (Lipinski definition) is 1. The molecule has 0 radical (unpaired) electrons. The predicted octanol–water partition coefficient (Wildman–Crippen LogP) is 4.10. The monoisotopic (exact) mass is 427 g/mol. The van der Waals surface area contributed by atoms with Crippen molar-refractivity contribution in [2.75, 3.05) is 38.6 Å². The van der Waals surface area contributed by atoms with Crippen molar-refractivity contribution in [3.8, 4) is 0 Å². The first kappa shape index (κ1) is 20.6. The Balaban J connectivity index is 1.63. The zero-order valence-electron chi connectivity index (χ0n) is 19.0. The number of nitrogens with zero attached hydrogens (tertiary/aromatic N) is 4. The van der Waals surface area contributed by atoms with Gasteiger partial charge in [0, 0.05) is 44.0 Å². The normalized spacial score (nSPS) is 16.6. The lowest BCUT2D eigenvalue weighted by molar-refractivity contribution is 0.0958. The topological polar surface area (TPSA) is 61.4 Å². The molecular formula is C26H29N5O. The Morgan fingerprint density at radius 2 is 2.03 bits per heavy atom. The molecule has 1 amide bonds. The molecule has 4 heterocycles. The number of aryl methyl sites for hydroxylation is 2. The summed E-state index contributed by atoms with van der Waals surface area (Å²) in [6.07, 6.45) is 7.33.